The monoisotopic (exact) mass is 284 g/mol. The molecule has 1 aliphatic carbocycles. The summed E-state index contributed by atoms with van der Waals surface area (Å²) >= 11 is 0. The molecule has 0 saturated heterocycles. The van der Waals surface area contributed by atoms with E-state index in [4.69, 9.17) is 4.74 Å². The zero-order valence-electron chi connectivity index (χ0n) is 14.0. The van der Waals surface area contributed by atoms with Crippen LogP contribution >= 0.6 is 0 Å². The van der Waals surface area contributed by atoms with E-state index in [2.05, 4.69) is 38.0 Å². The van der Waals surface area contributed by atoms with Crippen molar-refractivity contribution < 1.29 is 9.53 Å². The first kappa shape index (κ1) is 17.4. The minimum atomic E-state index is -0.568. The predicted molar refractivity (Wildman–Crippen MR) is 82.7 cm³/mol. The summed E-state index contributed by atoms with van der Waals surface area (Å²) in [6.45, 7) is 9.72. The van der Waals surface area contributed by atoms with Crippen LogP contribution in [0.3, 0.4) is 0 Å². The fraction of sp³-hybridized carbons (Fsp3) is 0.938. The topological polar surface area (TPSA) is 41.6 Å². The Hall–Kier alpha value is -0.610. The van der Waals surface area contributed by atoms with E-state index in [1.165, 1.54) is 26.4 Å². The lowest BCUT2D eigenvalue weighted by Crippen LogP contribution is -2.54. The van der Waals surface area contributed by atoms with E-state index in [0.29, 0.717) is 18.0 Å². The molecule has 4 heteroatoms. The van der Waals surface area contributed by atoms with Gasteiger partial charge in [-0.25, -0.2) is 0 Å². The van der Waals surface area contributed by atoms with Crippen LogP contribution in [0.4, 0.5) is 0 Å². The van der Waals surface area contributed by atoms with Crippen molar-refractivity contribution in [3.8, 4) is 0 Å². The number of carbonyl (C=O) groups excluding carboxylic acids is 1. The van der Waals surface area contributed by atoms with Gasteiger partial charge in [0.25, 0.3) is 0 Å². The number of methoxy groups -OCH3 is 1. The van der Waals surface area contributed by atoms with Gasteiger partial charge in [0.05, 0.1) is 7.11 Å². The Morgan fingerprint density at radius 1 is 1.40 bits per heavy atom. The Bertz CT molecular complexity index is 316. The van der Waals surface area contributed by atoms with Crippen LogP contribution in [-0.4, -0.2) is 49.2 Å². The highest BCUT2D eigenvalue weighted by atomic mass is 16.5. The predicted octanol–water partition coefficient (Wildman–Crippen LogP) is 2.43. The first-order valence-electron chi connectivity index (χ1n) is 7.85. The van der Waals surface area contributed by atoms with Crippen LogP contribution in [0.1, 0.15) is 53.4 Å². The summed E-state index contributed by atoms with van der Waals surface area (Å²) in [5.74, 6) is 0.565. The molecule has 1 saturated carbocycles. The molecule has 0 aliphatic heterocycles. The normalized spacial score (nSPS) is 20.0. The average molecular weight is 284 g/mol. The summed E-state index contributed by atoms with van der Waals surface area (Å²) in [6.07, 6.45) is 4.31. The van der Waals surface area contributed by atoms with Crippen LogP contribution in [0.25, 0.3) is 0 Å². The maximum absolute atomic E-state index is 12.1. The van der Waals surface area contributed by atoms with Gasteiger partial charge in [0.1, 0.15) is 5.54 Å². The second-order valence-electron chi connectivity index (χ2n) is 6.96. The van der Waals surface area contributed by atoms with Crippen LogP contribution < -0.4 is 5.32 Å². The van der Waals surface area contributed by atoms with Gasteiger partial charge in [-0.15, -0.1) is 0 Å². The maximum atomic E-state index is 12.1. The number of hydrogen-bond donors (Lipinski definition) is 1. The molecule has 0 aromatic carbocycles. The Morgan fingerprint density at radius 2 is 2.00 bits per heavy atom. The van der Waals surface area contributed by atoms with E-state index in [0.717, 1.165) is 13.0 Å². The Morgan fingerprint density at radius 3 is 2.45 bits per heavy atom. The number of carbonyl (C=O) groups is 1. The third-order valence-electron chi connectivity index (χ3n) is 4.25. The zero-order chi connectivity index (χ0) is 15.3. The van der Waals surface area contributed by atoms with Crippen molar-refractivity contribution in [1.29, 1.82) is 0 Å². The Labute approximate surface area is 124 Å². The smallest absolute Gasteiger partial charge is 0.325 e. The fourth-order valence-electron chi connectivity index (χ4n) is 2.53. The van der Waals surface area contributed by atoms with Crippen molar-refractivity contribution >= 4 is 5.97 Å². The van der Waals surface area contributed by atoms with Crippen LogP contribution in [0.5, 0.6) is 0 Å². The van der Waals surface area contributed by atoms with Crippen LogP contribution in [0.15, 0.2) is 0 Å². The van der Waals surface area contributed by atoms with Gasteiger partial charge in [0, 0.05) is 12.1 Å². The zero-order valence-corrected chi connectivity index (χ0v) is 14.0. The summed E-state index contributed by atoms with van der Waals surface area (Å²) in [5, 5.41) is 3.47. The molecule has 1 fully saturated rings. The van der Waals surface area contributed by atoms with Gasteiger partial charge in [0.2, 0.25) is 0 Å². The number of hydrogen-bond acceptors (Lipinski definition) is 4. The first-order chi connectivity index (χ1) is 9.28. The lowest BCUT2D eigenvalue weighted by atomic mass is 9.92. The third-order valence-corrected chi connectivity index (χ3v) is 4.25. The highest BCUT2D eigenvalue weighted by Gasteiger charge is 2.40. The number of rotatable bonds is 9. The molecule has 118 valence electrons. The largest absolute Gasteiger partial charge is 0.468 e. The second kappa shape index (κ2) is 7.41. The van der Waals surface area contributed by atoms with E-state index < -0.39 is 5.54 Å². The lowest BCUT2D eigenvalue weighted by molar-refractivity contribution is -0.148. The van der Waals surface area contributed by atoms with Gasteiger partial charge in [-0.3, -0.25) is 10.1 Å². The number of ether oxygens (including phenoxy) is 1. The molecule has 0 radical (unpaired) electrons. The average Bonchev–Trinajstić information content (AvgIpc) is 3.18. The molecular weight excluding hydrogens is 252 g/mol. The molecule has 0 spiro atoms. The number of nitrogens with one attached hydrogen (secondary N) is 1. The molecule has 2 atom stereocenters. The fourth-order valence-corrected chi connectivity index (χ4v) is 2.53. The number of esters is 1. The van der Waals surface area contributed by atoms with Crippen LogP contribution in [0, 0.1) is 5.92 Å². The minimum absolute atomic E-state index is 0.145. The lowest BCUT2D eigenvalue weighted by Gasteiger charge is -2.34. The SMILES string of the molecule is COC(=O)C(C)(CC(C)N(C)CCC(C)C)NC1CC1. The van der Waals surface area contributed by atoms with Crippen molar-refractivity contribution in [2.45, 2.75) is 71.0 Å². The summed E-state index contributed by atoms with van der Waals surface area (Å²) in [6, 6.07) is 0.844. The van der Waals surface area contributed by atoms with Crippen LogP contribution in [-0.2, 0) is 9.53 Å². The molecule has 0 bridgehead atoms. The summed E-state index contributed by atoms with van der Waals surface area (Å²) in [5.41, 5.74) is -0.568. The van der Waals surface area contributed by atoms with Gasteiger partial charge in [-0.1, -0.05) is 13.8 Å². The molecule has 0 aromatic rings. The van der Waals surface area contributed by atoms with Gasteiger partial charge in [0.15, 0.2) is 0 Å². The molecule has 1 N–H and O–H groups in total. The van der Waals surface area contributed by atoms with E-state index in [9.17, 15) is 4.79 Å². The van der Waals surface area contributed by atoms with Gasteiger partial charge in [-0.05, 0) is 59.0 Å². The van der Waals surface area contributed by atoms with Crippen molar-refractivity contribution in [2.75, 3.05) is 20.7 Å². The quantitative estimate of drug-likeness (QED) is 0.660. The van der Waals surface area contributed by atoms with Crippen LogP contribution in [0.2, 0.25) is 0 Å². The molecule has 1 rings (SSSR count). The molecule has 0 aromatic heterocycles. The second-order valence-corrected chi connectivity index (χ2v) is 6.96. The standard InChI is InChI=1S/C16H32N2O2/c1-12(2)9-10-18(5)13(3)11-16(4,15(19)20-6)17-14-7-8-14/h12-14,17H,7-11H2,1-6H3. The third kappa shape index (κ3) is 5.41. The van der Waals surface area contributed by atoms with Crippen molar-refractivity contribution in [3.63, 3.8) is 0 Å². The van der Waals surface area contributed by atoms with E-state index in [1.807, 2.05) is 6.92 Å². The van der Waals surface area contributed by atoms with Gasteiger partial charge >= 0.3 is 5.97 Å². The molecule has 2 unspecified atom stereocenters. The van der Waals surface area contributed by atoms with Crippen molar-refractivity contribution in [3.05, 3.63) is 0 Å². The van der Waals surface area contributed by atoms with Crippen molar-refractivity contribution in [2.24, 2.45) is 5.92 Å². The highest BCUT2D eigenvalue weighted by molar-refractivity contribution is 5.80. The molecule has 0 amide bonds. The molecule has 0 heterocycles. The van der Waals surface area contributed by atoms with Gasteiger partial charge in [-0.2, -0.15) is 0 Å². The Kier molecular flexibility index (Phi) is 6.46. The maximum Gasteiger partial charge on any atom is 0.325 e. The first-order valence-corrected chi connectivity index (χ1v) is 7.85. The minimum Gasteiger partial charge on any atom is -0.468 e. The van der Waals surface area contributed by atoms with Crippen molar-refractivity contribution in [1.82, 2.24) is 10.2 Å². The summed E-state index contributed by atoms with van der Waals surface area (Å²) in [4.78, 5) is 14.5. The molecule has 1 aliphatic rings. The molecular formula is C16H32N2O2. The molecule has 4 nitrogen and oxygen atoms in total. The highest BCUT2D eigenvalue weighted by Crippen LogP contribution is 2.26. The summed E-state index contributed by atoms with van der Waals surface area (Å²) in [7, 11) is 3.62. The van der Waals surface area contributed by atoms with E-state index in [1.54, 1.807) is 0 Å². The summed E-state index contributed by atoms with van der Waals surface area (Å²) < 4.78 is 5.00. The Balaban J connectivity index is 2.56. The van der Waals surface area contributed by atoms with Gasteiger partial charge < -0.3 is 9.64 Å². The van der Waals surface area contributed by atoms with E-state index >= 15 is 0 Å². The van der Waals surface area contributed by atoms with E-state index in [-0.39, 0.29) is 5.97 Å². The number of nitrogens with zero attached hydrogens (tertiary/aromatic N) is 1. The molecule has 20 heavy (non-hydrogen) atoms.